The van der Waals surface area contributed by atoms with E-state index in [0.717, 1.165) is 33.5 Å². The van der Waals surface area contributed by atoms with Crippen LogP contribution in [0.2, 0.25) is 0 Å². The van der Waals surface area contributed by atoms with Gasteiger partial charge in [0, 0.05) is 0 Å². The minimum absolute atomic E-state index is 0.125. The number of methoxy groups -OCH3 is 1. The highest BCUT2D eigenvalue weighted by Gasteiger charge is 2.34. The van der Waals surface area contributed by atoms with Gasteiger partial charge < -0.3 is 4.74 Å². The molecule has 2 aromatic rings. The predicted molar refractivity (Wildman–Crippen MR) is 95.6 cm³/mol. The molecule has 0 bridgehead atoms. The lowest BCUT2D eigenvalue weighted by Gasteiger charge is -2.12. The molecule has 3 rings (SSSR count). The highest BCUT2D eigenvalue weighted by molar-refractivity contribution is 8.18. The maximum absolute atomic E-state index is 13.0. The number of ether oxygens (including phenoxy) is 1. The summed E-state index contributed by atoms with van der Waals surface area (Å²) in [7, 11) is 1.59. The number of amides is 2. The van der Waals surface area contributed by atoms with Crippen LogP contribution in [-0.2, 0) is 11.3 Å². The first-order chi connectivity index (χ1) is 12.0. The van der Waals surface area contributed by atoms with E-state index in [4.69, 9.17) is 4.74 Å². The maximum atomic E-state index is 13.0. The molecule has 1 fully saturated rings. The minimum Gasteiger partial charge on any atom is -0.496 e. The second kappa shape index (κ2) is 7.11. The van der Waals surface area contributed by atoms with Crippen LogP contribution in [0.3, 0.4) is 0 Å². The Bertz CT molecular complexity index is 861. The minimum atomic E-state index is -0.355. The van der Waals surface area contributed by atoms with E-state index in [1.54, 1.807) is 25.3 Å². The molecule has 0 unspecified atom stereocenters. The zero-order valence-electron chi connectivity index (χ0n) is 13.8. The van der Waals surface area contributed by atoms with Gasteiger partial charge in [0.2, 0.25) is 0 Å². The van der Waals surface area contributed by atoms with E-state index in [2.05, 4.69) is 0 Å². The molecule has 0 radical (unpaired) electrons. The maximum Gasteiger partial charge on any atom is 0.293 e. The topological polar surface area (TPSA) is 46.6 Å². The fourth-order valence-corrected chi connectivity index (χ4v) is 3.32. The molecule has 6 heteroatoms. The smallest absolute Gasteiger partial charge is 0.293 e. The molecule has 0 N–H and O–H groups in total. The van der Waals surface area contributed by atoms with E-state index in [-0.39, 0.29) is 23.5 Å². The van der Waals surface area contributed by atoms with Gasteiger partial charge in [-0.1, -0.05) is 24.3 Å². The van der Waals surface area contributed by atoms with Crippen molar-refractivity contribution in [1.29, 1.82) is 0 Å². The Kier molecular flexibility index (Phi) is 4.90. The van der Waals surface area contributed by atoms with Crippen molar-refractivity contribution in [2.24, 2.45) is 0 Å². The molecule has 1 heterocycles. The second-order valence-electron chi connectivity index (χ2n) is 5.62. The Labute approximate surface area is 149 Å². The van der Waals surface area contributed by atoms with Crippen molar-refractivity contribution < 1.29 is 18.7 Å². The molecule has 1 aliphatic heterocycles. The average molecular weight is 357 g/mol. The molecule has 1 aliphatic rings. The van der Waals surface area contributed by atoms with E-state index in [1.165, 1.54) is 12.1 Å². The van der Waals surface area contributed by atoms with Crippen LogP contribution in [0.4, 0.5) is 9.18 Å². The second-order valence-corrected chi connectivity index (χ2v) is 6.62. The Morgan fingerprint density at radius 3 is 2.56 bits per heavy atom. The third-order valence-electron chi connectivity index (χ3n) is 3.86. The summed E-state index contributed by atoms with van der Waals surface area (Å²) in [6.45, 7) is 2.05. The summed E-state index contributed by atoms with van der Waals surface area (Å²) in [5.74, 6) is 0.0178. The zero-order chi connectivity index (χ0) is 18.0. The number of nitrogens with zero attached hydrogens (tertiary/aromatic N) is 1. The Hall–Kier alpha value is -2.60. The number of aryl methyl sites for hydroxylation is 1. The molecule has 0 aliphatic carbocycles. The molecule has 0 atom stereocenters. The molecule has 4 nitrogen and oxygen atoms in total. The van der Waals surface area contributed by atoms with Crippen molar-refractivity contribution in [2.45, 2.75) is 13.5 Å². The van der Waals surface area contributed by atoms with E-state index < -0.39 is 0 Å². The van der Waals surface area contributed by atoms with Gasteiger partial charge in [-0.15, -0.1) is 0 Å². The number of thioether (sulfide) groups is 1. The van der Waals surface area contributed by atoms with Crippen LogP contribution in [0, 0.1) is 12.7 Å². The van der Waals surface area contributed by atoms with Gasteiger partial charge in [0.25, 0.3) is 11.1 Å². The molecular weight excluding hydrogens is 341 g/mol. The standard InChI is InChI=1S/C19H16FNO3S/c1-12-3-4-14(9-16(12)24-2)10-17-18(22)21(19(23)25-17)11-13-5-7-15(20)8-6-13/h3-10H,11H2,1-2H3/b17-10-. The summed E-state index contributed by atoms with van der Waals surface area (Å²) in [5.41, 5.74) is 2.47. The van der Waals surface area contributed by atoms with Crippen LogP contribution in [0.25, 0.3) is 6.08 Å². The Morgan fingerprint density at radius 2 is 1.88 bits per heavy atom. The van der Waals surface area contributed by atoms with Crippen molar-refractivity contribution >= 4 is 29.0 Å². The molecule has 25 heavy (non-hydrogen) atoms. The summed E-state index contributed by atoms with van der Waals surface area (Å²) in [6.07, 6.45) is 1.68. The lowest BCUT2D eigenvalue weighted by atomic mass is 10.1. The summed E-state index contributed by atoms with van der Waals surface area (Å²) in [5, 5.41) is -0.334. The first-order valence-electron chi connectivity index (χ1n) is 7.62. The quantitative estimate of drug-likeness (QED) is 0.762. The number of imide groups is 1. The van der Waals surface area contributed by atoms with E-state index in [0.29, 0.717) is 10.5 Å². The van der Waals surface area contributed by atoms with Gasteiger partial charge in [-0.3, -0.25) is 14.5 Å². The molecule has 128 valence electrons. The number of hydrogen-bond acceptors (Lipinski definition) is 4. The van der Waals surface area contributed by atoms with Crippen LogP contribution >= 0.6 is 11.8 Å². The van der Waals surface area contributed by atoms with Gasteiger partial charge in [-0.25, -0.2) is 4.39 Å². The first kappa shape index (κ1) is 17.2. The van der Waals surface area contributed by atoms with Crippen LogP contribution in [-0.4, -0.2) is 23.2 Å². The fraction of sp³-hybridized carbons (Fsp3) is 0.158. The number of carbonyl (C=O) groups excluding carboxylic acids is 2. The van der Waals surface area contributed by atoms with Gasteiger partial charge in [0.1, 0.15) is 11.6 Å². The zero-order valence-corrected chi connectivity index (χ0v) is 14.6. The molecule has 2 amide bonds. The number of carbonyl (C=O) groups is 2. The van der Waals surface area contributed by atoms with Gasteiger partial charge in [-0.05, 0) is 59.7 Å². The van der Waals surface area contributed by atoms with E-state index in [9.17, 15) is 14.0 Å². The summed E-state index contributed by atoms with van der Waals surface area (Å²) in [6, 6.07) is 11.3. The third kappa shape index (κ3) is 3.74. The van der Waals surface area contributed by atoms with E-state index >= 15 is 0 Å². The third-order valence-corrected chi connectivity index (χ3v) is 4.76. The number of rotatable bonds is 4. The largest absolute Gasteiger partial charge is 0.496 e. The highest BCUT2D eigenvalue weighted by atomic mass is 32.2. The average Bonchev–Trinajstić information content (AvgIpc) is 2.86. The lowest BCUT2D eigenvalue weighted by Crippen LogP contribution is -2.27. The van der Waals surface area contributed by atoms with Crippen LogP contribution in [0.5, 0.6) is 5.75 Å². The summed E-state index contributed by atoms with van der Waals surface area (Å²) in [4.78, 5) is 26.2. The van der Waals surface area contributed by atoms with Gasteiger partial charge in [0.15, 0.2) is 0 Å². The van der Waals surface area contributed by atoms with Crippen LogP contribution in [0.15, 0.2) is 47.4 Å². The lowest BCUT2D eigenvalue weighted by molar-refractivity contribution is -0.123. The number of benzene rings is 2. The molecule has 2 aromatic carbocycles. The van der Waals surface area contributed by atoms with Gasteiger partial charge in [0.05, 0.1) is 18.6 Å². The highest BCUT2D eigenvalue weighted by Crippen LogP contribution is 2.34. The fourth-order valence-electron chi connectivity index (χ4n) is 2.49. The van der Waals surface area contributed by atoms with Crippen LogP contribution < -0.4 is 4.74 Å². The van der Waals surface area contributed by atoms with Crippen molar-refractivity contribution in [3.8, 4) is 5.75 Å². The van der Waals surface area contributed by atoms with Crippen LogP contribution in [0.1, 0.15) is 16.7 Å². The van der Waals surface area contributed by atoms with Gasteiger partial charge in [-0.2, -0.15) is 0 Å². The van der Waals surface area contributed by atoms with Crippen molar-refractivity contribution in [1.82, 2.24) is 4.90 Å². The Morgan fingerprint density at radius 1 is 1.16 bits per heavy atom. The first-order valence-corrected chi connectivity index (χ1v) is 8.44. The number of hydrogen-bond donors (Lipinski definition) is 0. The molecule has 0 saturated carbocycles. The van der Waals surface area contributed by atoms with Crippen molar-refractivity contribution in [2.75, 3.05) is 7.11 Å². The predicted octanol–water partition coefficient (Wildman–Crippen LogP) is 4.38. The Balaban J connectivity index is 1.82. The SMILES string of the molecule is COc1cc(/C=C2\SC(=O)N(Cc3ccc(F)cc3)C2=O)ccc1C. The summed E-state index contributed by atoms with van der Waals surface area (Å²) < 4.78 is 18.3. The molecular formula is C19H16FNO3S. The molecule has 0 spiro atoms. The monoisotopic (exact) mass is 357 g/mol. The van der Waals surface area contributed by atoms with Gasteiger partial charge >= 0.3 is 0 Å². The van der Waals surface area contributed by atoms with Crippen molar-refractivity contribution in [3.63, 3.8) is 0 Å². The molecule has 0 aromatic heterocycles. The van der Waals surface area contributed by atoms with E-state index in [1.807, 2.05) is 25.1 Å². The normalized spacial score (nSPS) is 16.0. The summed E-state index contributed by atoms with van der Waals surface area (Å²) >= 11 is 0.900. The molecule has 1 saturated heterocycles. The number of halogens is 1. The van der Waals surface area contributed by atoms with Crippen molar-refractivity contribution in [3.05, 3.63) is 69.9 Å².